The van der Waals surface area contributed by atoms with Crippen LogP contribution in [-0.2, 0) is 6.54 Å². The summed E-state index contributed by atoms with van der Waals surface area (Å²) in [6, 6.07) is 7.51. The van der Waals surface area contributed by atoms with Gasteiger partial charge in [0.1, 0.15) is 5.92 Å². The molecule has 1 rings (SSSR count). The molecule has 1 atom stereocenters. The van der Waals surface area contributed by atoms with Crippen LogP contribution in [0, 0.1) is 12.8 Å². The fourth-order valence-electron chi connectivity index (χ4n) is 1.93. The van der Waals surface area contributed by atoms with Gasteiger partial charge < -0.3 is 15.8 Å². The molecule has 4 nitrogen and oxygen atoms in total. The number of nitrogens with zero attached hydrogens (tertiary/aromatic N) is 2. The smallest absolute Gasteiger partial charge is 0.400 e. The minimum atomic E-state index is -4.54. The van der Waals surface area contributed by atoms with Crippen LogP contribution in [0.3, 0.4) is 0 Å². The molecule has 112 valence electrons. The van der Waals surface area contributed by atoms with Gasteiger partial charge in [-0.2, -0.15) is 13.2 Å². The van der Waals surface area contributed by atoms with E-state index < -0.39 is 17.9 Å². The highest BCUT2D eigenvalue weighted by Gasteiger charge is 2.43. The first-order valence-corrected chi connectivity index (χ1v) is 6.02. The van der Waals surface area contributed by atoms with E-state index in [2.05, 4.69) is 5.16 Å². The largest absolute Gasteiger partial charge is 0.409 e. The summed E-state index contributed by atoms with van der Waals surface area (Å²) in [6.45, 7) is 1.90. The van der Waals surface area contributed by atoms with Crippen molar-refractivity contribution in [2.24, 2.45) is 16.8 Å². The zero-order chi connectivity index (χ0) is 15.3. The maximum Gasteiger partial charge on any atom is 0.400 e. The molecule has 0 aliphatic heterocycles. The number of alkyl halides is 3. The van der Waals surface area contributed by atoms with Crippen LogP contribution in [0.2, 0.25) is 0 Å². The van der Waals surface area contributed by atoms with E-state index in [-0.39, 0.29) is 6.54 Å². The van der Waals surface area contributed by atoms with E-state index in [0.717, 1.165) is 11.1 Å². The third-order valence-electron chi connectivity index (χ3n) is 2.90. The second-order valence-corrected chi connectivity index (χ2v) is 4.80. The minimum absolute atomic E-state index is 0.354. The van der Waals surface area contributed by atoms with Gasteiger partial charge in [-0.1, -0.05) is 35.0 Å². The number of nitrogens with two attached hydrogens (primary N) is 1. The van der Waals surface area contributed by atoms with Crippen LogP contribution in [-0.4, -0.2) is 35.7 Å². The molecular formula is C13H18F3N3O. The van der Waals surface area contributed by atoms with Crippen LogP contribution in [0.4, 0.5) is 13.2 Å². The van der Waals surface area contributed by atoms with Gasteiger partial charge in [-0.3, -0.25) is 0 Å². The number of oxime groups is 1. The van der Waals surface area contributed by atoms with Gasteiger partial charge in [0, 0.05) is 13.1 Å². The van der Waals surface area contributed by atoms with Crippen molar-refractivity contribution in [3.05, 3.63) is 35.4 Å². The van der Waals surface area contributed by atoms with Crippen LogP contribution in [0.15, 0.2) is 29.4 Å². The van der Waals surface area contributed by atoms with Crippen molar-refractivity contribution in [1.82, 2.24) is 4.90 Å². The Morgan fingerprint density at radius 3 is 2.60 bits per heavy atom. The van der Waals surface area contributed by atoms with E-state index in [1.54, 1.807) is 7.05 Å². The molecule has 1 aromatic carbocycles. The van der Waals surface area contributed by atoms with Crippen molar-refractivity contribution >= 4 is 5.84 Å². The number of benzene rings is 1. The molecule has 0 aliphatic carbocycles. The lowest BCUT2D eigenvalue weighted by atomic mass is 10.1. The predicted octanol–water partition coefficient (Wildman–Crippen LogP) is 2.35. The SMILES string of the molecule is Cc1cccc(CN(C)CC(/C(N)=N/O)C(F)(F)F)c1. The van der Waals surface area contributed by atoms with Crippen molar-refractivity contribution in [2.75, 3.05) is 13.6 Å². The first-order valence-electron chi connectivity index (χ1n) is 6.02. The summed E-state index contributed by atoms with van der Waals surface area (Å²) >= 11 is 0. The summed E-state index contributed by atoms with van der Waals surface area (Å²) in [5.74, 6) is -2.81. The van der Waals surface area contributed by atoms with Crippen LogP contribution in [0.25, 0.3) is 0 Å². The molecule has 7 heteroatoms. The van der Waals surface area contributed by atoms with Crippen molar-refractivity contribution in [3.63, 3.8) is 0 Å². The fourth-order valence-corrected chi connectivity index (χ4v) is 1.93. The van der Waals surface area contributed by atoms with Gasteiger partial charge >= 0.3 is 6.18 Å². The normalized spacial score (nSPS) is 14.6. The molecule has 0 spiro atoms. The first-order chi connectivity index (χ1) is 9.24. The molecule has 0 aliphatic rings. The Kier molecular flexibility index (Phi) is 5.38. The zero-order valence-corrected chi connectivity index (χ0v) is 11.4. The average Bonchev–Trinajstić information content (AvgIpc) is 2.33. The molecule has 0 amide bonds. The van der Waals surface area contributed by atoms with Crippen molar-refractivity contribution in [2.45, 2.75) is 19.6 Å². The zero-order valence-electron chi connectivity index (χ0n) is 11.4. The van der Waals surface area contributed by atoms with Gasteiger partial charge in [-0.05, 0) is 19.5 Å². The van der Waals surface area contributed by atoms with Crippen LogP contribution in [0.1, 0.15) is 11.1 Å². The van der Waals surface area contributed by atoms with E-state index in [9.17, 15) is 13.2 Å². The molecule has 0 fully saturated rings. The van der Waals surface area contributed by atoms with E-state index in [1.165, 1.54) is 4.90 Å². The molecule has 0 aromatic heterocycles. The molecule has 0 heterocycles. The third-order valence-corrected chi connectivity index (χ3v) is 2.90. The van der Waals surface area contributed by atoms with Gasteiger partial charge in [-0.15, -0.1) is 0 Å². The summed E-state index contributed by atoms with van der Waals surface area (Å²) in [4.78, 5) is 1.49. The molecular weight excluding hydrogens is 271 g/mol. The quantitative estimate of drug-likeness (QED) is 0.378. The van der Waals surface area contributed by atoms with Gasteiger partial charge in [0.15, 0.2) is 5.84 Å². The Morgan fingerprint density at radius 2 is 2.10 bits per heavy atom. The molecule has 0 saturated carbocycles. The number of amidine groups is 1. The second kappa shape index (κ2) is 6.60. The van der Waals surface area contributed by atoms with E-state index in [4.69, 9.17) is 10.9 Å². The standard InChI is InChI=1S/C13H18F3N3O/c1-9-4-3-5-10(6-9)7-19(2)8-11(12(17)18-20)13(14,15)16/h3-6,11,20H,7-8H2,1-2H3,(H2,17,18). The van der Waals surface area contributed by atoms with Crippen LogP contribution >= 0.6 is 0 Å². The monoisotopic (exact) mass is 289 g/mol. The maximum absolute atomic E-state index is 12.8. The molecule has 1 unspecified atom stereocenters. The fraction of sp³-hybridized carbons (Fsp3) is 0.462. The molecule has 0 radical (unpaired) electrons. The number of aryl methyl sites for hydroxylation is 1. The highest BCUT2D eigenvalue weighted by Crippen LogP contribution is 2.27. The number of rotatable bonds is 5. The predicted molar refractivity (Wildman–Crippen MR) is 70.5 cm³/mol. The summed E-state index contributed by atoms with van der Waals surface area (Å²) in [5.41, 5.74) is 7.07. The molecule has 0 saturated heterocycles. The Balaban J connectivity index is 2.74. The molecule has 3 N–H and O–H groups in total. The minimum Gasteiger partial charge on any atom is -0.409 e. The number of hydrogen-bond donors (Lipinski definition) is 2. The second-order valence-electron chi connectivity index (χ2n) is 4.80. The van der Waals surface area contributed by atoms with Crippen molar-refractivity contribution < 1.29 is 18.4 Å². The molecule has 1 aromatic rings. The van der Waals surface area contributed by atoms with Crippen LogP contribution in [0.5, 0.6) is 0 Å². The lowest BCUT2D eigenvalue weighted by molar-refractivity contribution is -0.159. The summed E-state index contributed by atoms with van der Waals surface area (Å²) in [7, 11) is 1.56. The first kappa shape index (κ1) is 16.3. The van der Waals surface area contributed by atoms with Gasteiger partial charge in [0.2, 0.25) is 0 Å². The summed E-state index contributed by atoms with van der Waals surface area (Å²) in [5, 5.41) is 10.9. The topological polar surface area (TPSA) is 61.8 Å². The highest BCUT2D eigenvalue weighted by atomic mass is 19.4. The Bertz CT molecular complexity index is 474. The third kappa shape index (κ3) is 4.73. The lowest BCUT2D eigenvalue weighted by Crippen LogP contribution is -2.43. The van der Waals surface area contributed by atoms with Gasteiger partial charge in [0.05, 0.1) is 0 Å². The lowest BCUT2D eigenvalue weighted by Gasteiger charge is -2.25. The Morgan fingerprint density at radius 1 is 1.45 bits per heavy atom. The van der Waals surface area contributed by atoms with E-state index >= 15 is 0 Å². The molecule has 20 heavy (non-hydrogen) atoms. The van der Waals surface area contributed by atoms with Crippen molar-refractivity contribution in [1.29, 1.82) is 0 Å². The Hall–Kier alpha value is -1.76. The van der Waals surface area contributed by atoms with Gasteiger partial charge in [0.25, 0.3) is 0 Å². The van der Waals surface area contributed by atoms with Crippen LogP contribution < -0.4 is 5.73 Å². The van der Waals surface area contributed by atoms with E-state index in [1.807, 2.05) is 31.2 Å². The number of hydrogen-bond acceptors (Lipinski definition) is 3. The summed E-state index contributed by atoms with van der Waals surface area (Å²) < 4.78 is 38.5. The average molecular weight is 289 g/mol. The number of halogens is 3. The maximum atomic E-state index is 12.8. The van der Waals surface area contributed by atoms with Gasteiger partial charge in [-0.25, -0.2) is 0 Å². The summed E-state index contributed by atoms with van der Waals surface area (Å²) in [6.07, 6.45) is -4.54. The molecule has 0 bridgehead atoms. The Labute approximate surface area is 115 Å². The highest BCUT2D eigenvalue weighted by molar-refractivity contribution is 5.83. The van der Waals surface area contributed by atoms with Crippen molar-refractivity contribution in [3.8, 4) is 0 Å². The van der Waals surface area contributed by atoms with E-state index in [0.29, 0.717) is 6.54 Å².